The molecular formula is C18H13N5O4. The third kappa shape index (κ3) is 2.43. The third-order valence-electron chi connectivity index (χ3n) is 4.61. The summed E-state index contributed by atoms with van der Waals surface area (Å²) in [6.07, 6.45) is 0.535. The summed E-state index contributed by atoms with van der Waals surface area (Å²) < 4.78 is 12.7. The van der Waals surface area contributed by atoms with Crippen LogP contribution in [0.1, 0.15) is 28.3 Å². The zero-order chi connectivity index (χ0) is 18.5. The van der Waals surface area contributed by atoms with Gasteiger partial charge in [-0.1, -0.05) is 0 Å². The zero-order valence-corrected chi connectivity index (χ0v) is 14.2. The second kappa shape index (κ2) is 5.63. The van der Waals surface area contributed by atoms with Gasteiger partial charge in [0, 0.05) is 29.7 Å². The number of benzene rings is 2. The molecule has 0 saturated carbocycles. The van der Waals surface area contributed by atoms with Crippen molar-refractivity contribution in [1.82, 2.24) is 14.9 Å². The summed E-state index contributed by atoms with van der Waals surface area (Å²) in [7, 11) is 0. The summed E-state index contributed by atoms with van der Waals surface area (Å²) in [6.45, 7) is 2.01. The molecule has 0 fully saturated rings. The van der Waals surface area contributed by atoms with E-state index in [1.807, 2.05) is 19.1 Å². The van der Waals surface area contributed by atoms with E-state index in [0.29, 0.717) is 35.3 Å². The minimum Gasteiger partial charge on any atom is -0.454 e. The monoisotopic (exact) mass is 363 g/mol. The molecule has 0 radical (unpaired) electrons. The molecule has 2 aromatic carbocycles. The van der Waals surface area contributed by atoms with E-state index in [2.05, 4.69) is 10.2 Å². The van der Waals surface area contributed by atoms with Gasteiger partial charge in [-0.15, -0.1) is 10.2 Å². The molecule has 0 unspecified atom stereocenters. The van der Waals surface area contributed by atoms with Crippen LogP contribution in [0.25, 0.3) is 0 Å². The first-order chi connectivity index (χ1) is 13.1. The van der Waals surface area contributed by atoms with Gasteiger partial charge in [-0.05, 0) is 36.8 Å². The Morgan fingerprint density at radius 2 is 1.85 bits per heavy atom. The van der Waals surface area contributed by atoms with Crippen molar-refractivity contribution >= 4 is 11.4 Å². The van der Waals surface area contributed by atoms with Crippen molar-refractivity contribution in [3.05, 3.63) is 74.9 Å². The first kappa shape index (κ1) is 15.5. The van der Waals surface area contributed by atoms with E-state index in [0.717, 1.165) is 16.7 Å². The average molecular weight is 363 g/mol. The number of aryl methyl sites for hydroxylation is 1. The molecule has 3 heterocycles. The highest BCUT2D eigenvalue weighted by molar-refractivity contribution is 6.14. The normalized spacial score (nSPS) is 14.2. The van der Waals surface area contributed by atoms with E-state index in [9.17, 15) is 10.1 Å². The van der Waals surface area contributed by atoms with E-state index in [4.69, 9.17) is 14.6 Å². The second-order valence-corrected chi connectivity index (χ2v) is 6.27. The maximum Gasteiger partial charge on any atom is 0.269 e. The van der Waals surface area contributed by atoms with Gasteiger partial charge < -0.3 is 9.47 Å². The third-order valence-corrected chi connectivity index (χ3v) is 4.61. The molecule has 0 atom stereocenters. The quantitative estimate of drug-likeness (QED) is 0.400. The Hall–Kier alpha value is -3.75. The number of nitro benzene ring substituents is 1. The number of hydrogen-bond donors (Lipinski definition) is 0. The lowest BCUT2D eigenvalue weighted by atomic mass is 9.95. The molecule has 0 N–H and O–H groups in total. The van der Waals surface area contributed by atoms with Gasteiger partial charge in [0.2, 0.25) is 6.79 Å². The zero-order valence-electron chi connectivity index (χ0n) is 14.2. The van der Waals surface area contributed by atoms with Crippen molar-refractivity contribution in [2.75, 3.05) is 6.79 Å². The predicted molar refractivity (Wildman–Crippen MR) is 94.3 cm³/mol. The molecule has 9 heteroatoms. The molecule has 2 aliphatic rings. The summed E-state index contributed by atoms with van der Waals surface area (Å²) in [5.74, 6) is 2.71. The summed E-state index contributed by atoms with van der Waals surface area (Å²) in [5.41, 5.74) is 3.29. The van der Waals surface area contributed by atoms with Crippen molar-refractivity contribution in [1.29, 1.82) is 0 Å². The van der Waals surface area contributed by atoms with Gasteiger partial charge in [-0.3, -0.25) is 10.1 Å². The minimum absolute atomic E-state index is 0.0278. The summed E-state index contributed by atoms with van der Waals surface area (Å²) in [5, 5.41) is 24.1. The van der Waals surface area contributed by atoms with Gasteiger partial charge in [0.15, 0.2) is 23.1 Å². The Morgan fingerprint density at radius 3 is 2.59 bits per heavy atom. The van der Waals surface area contributed by atoms with Crippen LogP contribution < -0.4 is 9.47 Å². The number of aromatic nitrogens is 3. The highest BCUT2D eigenvalue weighted by atomic mass is 16.7. The Balaban J connectivity index is 1.73. The molecule has 2 aliphatic heterocycles. The van der Waals surface area contributed by atoms with Crippen molar-refractivity contribution in [2.24, 2.45) is 5.10 Å². The maximum atomic E-state index is 11.0. The topological polar surface area (TPSA) is 105 Å². The fraction of sp³-hybridized carbons (Fsp3) is 0.167. The lowest BCUT2D eigenvalue weighted by molar-refractivity contribution is -0.384. The fourth-order valence-corrected chi connectivity index (χ4v) is 3.27. The van der Waals surface area contributed by atoms with E-state index < -0.39 is 4.92 Å². The van der Waals surface area contributed by atoms with Gasteiger partial charge in [0.05, 0.1) is 10.6 Å². The highest BCUT2D eigenvalue weighted by Crippen LogP contribution is 2.37. The standard InChI is InChI=1S/C18H13N5O4/c1-10-19-20-17-7-12-6-15-16(27-9-26-15)8-14(12)18(21-22(10)17)11-2-4-13(5-3-11)23(24)25/h2-6,8H,7,9H2,1H3. The SMILES string of the molecule is Cc1nnc2n1N=C(c1ccc([N+](=O)[O-])cc1)c1cc3c(cc1C2)OCO3. The van der Waals surface area contributed by atoms with Crippen LogP contribution in [0.15, 0.2) is 41.5 Å². The van der Waals surface area contributed by atoms with Crippen molar-refractivity contribution < 1.29 is 14.4 Å². The average Bonchev–Trinajstić information content (AvgIpc) is 3.21. The molecule has 3 aromatic rings. The number of rotatable bonds is 2. The number of nitro groups is 1. The van der Waals surface area contributed by atoms with Gasteiger partial charge in [-0.2, -0.15) is 5.10 Å². The number of hydrogen-bond acceptors (Lipinski definition) is 7. The number of ether oxygens (including phenoxy) is 2. The Morgan fingerprint density at radius 1 is 1.11 bits per heavy atom. The largest absolute Gasteiger partial charge is 0.454 e. The molecule has 0 bridgehead atoms. The first-order valence-corrected chi connectivity index (χ1v) is 8.28. The van der Waals surface area contributed by atoms with Crippen LogP contribution >= 0.6 is 0 Å². The molecular weight excluding hydrogens is 350 g/mol. The lowest BCUT2D eigenvalue weighted by Crippen LogP contribution is -2.08. The van der Waals surface area contributed by atoms with Gasteiger partial charge in [0.1, 0.15) is 0 Å². The molecule has 134 valence electrons. The van der Waals surface area contributed by atoms with Crippen LogP contribution in [-0.4, -0.2) is 32.3 Å². The van der Waals surface area contributed by atoms with Crippen LogP contribution in [-0.2, 0) is 6.42 Å². The van der Waals surface area contributed by atoms with Gasteiger partial charge in [-0.25, -0.2) is 4.68 Å². The smallest absolute Gasteiger partial charge is 0.269 e. The van der Waals surface area contributed by atoms with E-state index >= 15 is 0 Å². The number of non-ortho nitro benzene ring substituents is 1. The van der Waals surface area contributed by atoms with Gasteiger partial charge >= 0.3 is 0 Å². The molecule has 0 aliphatic carbocycles. The molecule has 27 heavy (non-hydrogen) atoms. The van der Waals surface area contributed by atoms with E-state index in [1.54, 1.807) is 16.8 Å². The summed E-state index contributed by atoms with van der Waals surface area (Å²) in [4.78, 5) is 10.5. The highest BCUT2D eigenvalue weighted by Gasteiger charge is 2.25. The Kier molecular flexibility index (Phi) is 3.23. The Bertz CT molecular complexity index is 1120. The number of nitrogens with zero attached hydrogens (tertiary/aromatic N) is 5. The second-order valence-electron chi connectivity index (χ2n) is 6.27. The van der Waals surface area contributed by atoms with Crippen LogP contribution in [0.3, 0.4) is 0 Å². The van der Waals surface area contributed by atoms with Crippen LogP contribution in [0, 0.1) is 17.0 Å². The molecule has 9 nitrogen and oxygen atoms in total. The lowest BCUT2D eigenvalue weighted by Gasteiger charge is -2.10. The van der Waals surface area contributed by atoms with Crippen LogP contribution in [0.2, 0.25) is 0 Å². The summed E-state index contributed by atoms with van der Waals surface area (Å²) in [6, 6.07) is 10.1. The number of fused-ring (bicyclic) bond motifs is 3. The fourth-order valence-electron chi connectivity index (χ4n) is 3.27. The molecule has 0 amide bonds. The van der Waals surface area contributed by atoms with Crippen molar-refractivity contribution in [3.63, 3.8) is 0 Å². The van der Waals surface area contributed by atoms with E-state index in [-0.39, 0.29) is 12.5 Å². The summed E-state index contributed by atoms with van der Waals surface area (Å²) >= 11 is 0. The van der Waals surface area contributed by atoms with Crippen LogP contribution in [0.4, 0.5) is 5.69 Å². The Labute approximate surface area is 153 Å². The van der Waals surface area contributed by atoms with Crippen LogP contribution in [0.5, 0.6) is 11.5 Å². The molecule has 1 aromatic heterocycles. The van der Waals surface area contributed by atoms with Crippen molar-refractivity contribution in [3.8, 4) is 11.5 Å². The van der Waals surface area contributed by atoms with E-state index in [1.165, 1.54) is 12.1 Å². The minimum atomic E-state index is -0.424. The first-order valence-electron chi connectivity index (χ1n) is 8.28. The van der Waals surface area contributed by atoms with Gasteiger partial charge in [0.25, 0.3) is 5.69 Å². The van der Waals surface area contributed by atoms with Crippen molar-refractivity contribution in [2.45, 2.75) is 13.3 Å². The molecule has 5 rings (SSSR count). The molecule has 0 spiro atoms. The predicted octanol–water partition coefficient (Wildman–Crippen LogP) is 2.43. The maximum absolute atomic E-state index is 11.0. The molecule has 0 saturated heterocycles.